The molecule has 0 N–H and O–H groups in total. The molecule has 1 saturated carbocycles. The number of methoxy groups -OCH3 is 1. The number of pyridine rings is 1. The topological polar surface area (TPSA) is 88.8 Å². The van der Waals surface area contributed by atoms with Crippen LogP contribution in [0, 0.1) is 12.8 Å². The van der Waals surface area contributed by atoms with Crippen LogP contribution in [0.3, 0.4) is 0 Å². The Bertz CT molecular complexity index is 910. The summed E-state index contributed by atoms with van der Waals surface area (Å²) in [6, 6.07) is 3.86. The van der Waals surface area contributed by atoms with Gasteiger partial charge in [0.2, 0.25) is 5.91 Å². The molecule has 8 nitrogen and oxygen atoms in total. The maximum atomic E-state index is 13.3. The summed E-state index contributed by atoms with van der Waals surface area (Å²) >= 11 is 0. The summed E-state index contributed by atoms with van der Waals surface area (Å²) in [4.78, 5) is 34.5. The summed E-state index contributed by atoms with van der Waals surface area (Å²) in [5.41, 5.74) is 2.00. The Morgan fingerprint density at radius 2 is 2.13 bits per heavy atom. The quantitative estimate of drug-likeness (QED) is 0.676. The van der Waals surface area contributed by atoms with Gasteiger partial charge in [-0.15, -0.1) is 0 Å². The lowest BCUT2D eigenvalue weighted by atomic mass is 9.83. The van der Waals surface area contributed by atoms with Crippen LogP contribution in [0.1, 0.15) is 59.5 Å². The summed E-state index contributed by atoms with van der Waals surface area (Å²) in [5.74, 6) is 0.740. The second-order valence-electron chi connectivity index (χ2n) is 8.50. The first-order valence-electron chi connectivity index (χ1n) is 11.0. The molecular formula is C23H30N4O4. The highest BCUT2D eigenvalue weighted by Gasteiger charge is 2.37. The van der Waals surface area contributed by atoms with Crippen LogP contribution in [0.25, 0.3) is 0 Å². The molecule has 1 aliphatic heterocycles. The van der Waals surface area contributed by atoms with Crippen LogP contribution in [-0.4, -0.2) is 58.0 Å². The van der Waals surface area contributed by atoms with Crippen molar-refractivity contribution in [1.29, 1.82) is 0 Å². The number of carbonyl (C=O) groups is 2. The third-order valence-corrected chi connectivity index (χ3v) is 6.41. The average molecular weight is 427 g/mol. The molecule has 0 spiro atoms. The number of likely N-dealkylation sites (tertiary alicyclic amines) is 1. The first-order chi connectivity index (χ1) is 15.1. The Balaban J connectivity index is 1.52. The van der Waals surface area contributed by atoms with E-state index in [1.54, 1.807) is 25.1 Å². The number of nitrogens with zero attached hydrogens (tertiary/aromatic N) is 4. The van der Waals surface area contributed by atoms with Crippen LogP contribution >= 0.6 is 0 Å². The van der Waals surface area contributed by atoms with Crippen LogP contribution in [0.4, 0.5) is 0 Å². The molecule has 4 rings (SSSR count). The monoisotopic (exact) mass is 426 g/mol. The number of hydrogen-bond acceptors (Lipinski definition) is 6. The van der Waals surface area contributed by atoms with Crippen molar-refractivity contribution in [3.8, 4) is 0 Å². The molecule has 1 unspecified atom stereocenters. The predicted molar refractivity (Wildman–Crippen MR) is 113 cm³/mol. The number of aromatic nitrogens is 2. The molecule has 1 aliphatic carbocycles. The van der Waals surface area contributed by atoms with Crippen LogP contribution in [-0.2, 0) is 22.7 Å². The first kappa shape index (κ1) is 21.5. The van der Waals surface area contributed by atoms with Crippen LogP contribution < -0.4 is 0 Å². The van der Waals surface area contributed by atoms with Crippen LogP contribution in [0.5, 0.6) is 0 Å². The minimum Gasteiger partial charge on any atom is -0.380 e. The number of carbonyl (C=O) groups excluding carboxylic acids is 2. The summed E-state index contributed by atoms with van der Waals surface area (Å²) in [6.45, 7) is 3.72. The molecule has 1 saturated heterocycles. The van der Waals surface area contributed by atoms with E-state index < -0.39 is 0 Å². The van der Waals surface area contributed by atoms with Crippen molar-refractivity contribution >= 4 is 11.8 Å². The number of ether oxygens (including phenoxy) is 1. The normalized spacial score (nSPS) is 19.2. The van der Waals surface area contributed by atoms with Crippen molar-refractivity contribution in [3.63, 3.8) is 0 Å². The molecule has 2 aromatic rings. The summed E-state index contributed by atoms with van der Waals surface area (Å²) in [5, 5.41) is 4.00. The first-order valence-corrected chi connectivity index (χ1v) is 11.0. The van der Waals surface area contributed by atoms with Crippen LogP contribution in [0.2, 0.25) is 0 Å². The predicted octanol–water partition coefficient (Wildman–Crippen LogP) is 2.96. The minimum absolute atomic E-state index is 0.0233. The zero-order valence-corrected chi connectivity index (χ0v) is 18.2. The van der Waals surface area contributed by atoms with E-state index >= 15 is 0 Å². The summed E-state index contributed by atoms with van der Waals surface area (Å²) in [7, 11) is 1.58. The van der Waals surface area contributed by atoms with Gasteiger partial charge in [-0.1, -0.05) is 17.6 Å². The van der Waals surface area contributed by atoms with E-state index in [0.29, 0.717) is 36.7 Å². The number of piperidine rings is 1. The van der Waals surface area contributed by atoms with Crippen molar-refractivity contribution in [1.82, 2.24) is 19.9 Å². The minimum atomic E-state index is -0.161. The molecule has 0 radical (unpaired) electrons. The molecule has 31 heavy (non-hydrogen) atoms. The number of amides is 2. The van der Waals surface area contributed by atoms with E-state index in [9.17, 15) is 9.59 Å². The SMILES string of the molecule is COCc1c(C(=O)N2CCCC(N(Cc3cccnc3)C(=O)C3CCC3)C2)noc1C. The third-order valence-electron chi connectivity index (χ3n) is 6.41. The molecular weight excluding hydrogens is 396 g/mol. The molecule has 3 heterocycles. The molecule has 2 aliphatic rings. The van der Waals surface area contributed by atoms with Crippen molar-refractivity contribution in [2.75, 3.05) is 20.2 Å². The Morgan fingerprint density at radius 1 is 1.29 bits per heavy atom. The fraction of sp³-hybridized carbons (Fsp3) is 0.565. The second kappa shape index (κ2) is 9.60. The van der Waals surface area contributed by atoms with Gasteiger partial charge < -0.3 is 19.1 Å². The molecule has 2 amide bonds. The van der Waals surface area contributed by atoms with Gasteiger partial charge >= 0.3 is 0 Å². The van der Waals surface area contributed by atoms with Gasteiger partial charge in [0.1, 0.15) is 5.76 Å². The smallest absolute Gasteiger partial charge is 0.276 e. The van der Waals surface area contributed by atoms with Crippen molar-refractivity contribution in [3.05, 3.63) is 47.1 Å². The standard InChI is InChI=1S/C23H30N4O4/c1-16-20(15-30-2)21(25-31-16)23(29)26-11-5-9-19(14-26)27(22(28)18-7-3-8-18)13-17-6-4-10-24-12-17/h4,6,10,12,18-19H,3,5,7-9,11,13-15H2,1-2H3. The van der Waals surface area contributed by atoms with E-state index in [1.165, 1.54) is 0 Å². The van der Waals surface area contributed by atoms with Gasteiger partial charge in [-0.2, -0.15) is 0 Å². The van der Waals surface area contributed by atoms with Gasteiger partial charge in [0.15, 0.2) is 5.69 Å². The highest BCUT2D eigenvalue weighted by molar-refractivity contribution is 5.94. The lowest BCUT2D eigenvalue weighted by Gasteiger charge is -2.41. The second-order valence-corrected chi connectivity index (χ2v) is 8.50. The Hall–Kier alpha value is -2.74. The van der Waals surface area contributed by atoms with Gasteiger partial charge in [0.05, 0.1) is 12.2 Å². The van der Waals surface area contributed by atoms with Gasteiger partial charge in [0.25, 0.3) is 5.91 Å². The van der Waals surface area contributed by atoms with E-state index in [2.05, 4.69) is 10.1 Å². The number of aryl methyl sites for hydroxylation is 1. The molecule has 2 fully saturated rings. The molecule has 8 heteroatoms. The number of hydrogen-bond donors (Lipinski definition) is 0. The number of rotatable bonds is 7. The Kier molecular flexibility index (Phi) is 6.65. The van der Waals surface area contributed by atoms with Crippen LogP contribution in [0.15, 0.2) is 29.0 Å². The lowest BCUT2D eigenvalue weighted by Crippen LogP contribution is -2.53. The zero-order valence-electron chi connectivity index (χ0n) is 18.2. The Labute approximate surface area is 182 Å². The lowest BCUT2D eigenvalue weighted by molar-refractivity contribution is -0.142. The molecule has 1 atom stereocenters. The zero-order chi connectivity index (χ0) is 21.8. The highest BCUT2D eigenvalue weighted by atomic mass is 16.5. The van der Waals surface area contributed by atoms with Gasteiger partial charge in [-0.25, -0.2) is 0 Å². The van der Waals surface area contributed by atoms with E-state index in [0.717, 1.165) is 37.7 Å². The van der Waals surface area contributed by atoms with E-state index in [4.69, 9.17) is 9.26 Å². The fourth-order valence-corrected chi connectivity index (χ4v) is 4.38. The molecule has 166 valence electrons. The van der Waals surface area contributed by atoms with E-state index in [1.807, 2.05) is 23.2 Å². The summed E-state index contributed by atoms with van der Waals surface area (Å²) in [6.07, 6.45) is 8.29. The largest absolute Gasteiger partial charge is 0.380 e. The van der Waals surface area contributed by atoms with Crippen molar-refractivity contribution < 1.29 is 18.8 Å². The third kappa shape index (κ3) is 4.63. The summed E-state index contributed by atoms with van der Waals surface area (Å²) < 4.78 is 10.5. The highest BCUT2D eigenvalue weighted by Crippen LogP contribution is 2.31. The maximum absolute atomic E-state index is 13.3. The fourth-order valence-electron chi connectivity index (χ4n) is 4.38. The van der Waals surface area contributed by atoms with Gasteiger partial charge in [-0.3, -0.25) is 14.6 Å². The van der Waals surface area contributed by atoms with Crippen molar-refractivity contribution in [2.45, 2.75) is 58.2 Å². The maximum Gasteiger partial charge on any atom is 0.276 e. The molecule has 0 aromatic carbocycles. The molecule has 2 aromatic heterocycles. The van der Waals surface area contributed by atoms with E-state index in [-0.39, 0.29) is 30.4 Å². The molecule has 0 bridgehead atoms. The average Bonchev–Trinajstić information content (AvgIpc) is 3.11. The Morgan fingerprint density at radius 3 is 2.81 bits per heavy atom. The van der Waals surface area contributed by atoms with Gasteiger partial charge in [-0.05, 0) is 44.2 Å². The van der Waals surface area contributed by atoms with Gasteiger partial charge in [0, 0.05) is 51.1 Å². The van der Waals surface area contributed by atoms with Crippen molar-refractivity contribution in [2.24, 2.45) is 5.92 Å².